The van der Waals surface area contributed by atoms with Gasteiger partial charge in [0.25, 0.3) is 0 Å². The van der Waals surface area contributed by atoms with Crippen molar-refractivity contribution in [2.45, 2.75) is 58.5 Å². The van der Waals surface area contributed by atoms with Gasteiger partial charge in [-0.25, -0.2) is 0 Å². The molecule has 0 spiro atoms. The molecule has 0 saturated heterocycles. The number of Topliss-reactive ketones (excluding diaryl/α,β-unsaturated/α-hetero) is 1. The van der Waals surface area contributed by atoms with E-state index in [-0.39, 0.29) is 5.78 Å². The van der Waals surface area contributed by atoms with Gasteiger partial charge in [-0.05, 0) is 13.3 Å². The number of carbonyl (C=O) groups excluding carboxylic acids is 1. The Morgan fingerprint density at radius 1 is 1.33 bits per heavy atom. The smallest absolute Gasteiger partial charge is 0.135 e. The maximum Gasteiger partial charge on any atom is 0.135 e. The number of hydrogen-bond donors (Lipinski definition) is 1. The number of aliphatic hydroxyl groups is 1. The summed E-state index contributed by atoms with van der Waals surface area (Å²) in [6.45, 7) is 3.81. The van der Waals surface area contributed by atoms with Crippen LogP contribution in [0.25, 0.3) is 0 Å². The summed E-state index contributed by atoms with van der Waals surface area (Å²) in [5.74, 6) is 0.195. The lowest BCUT2D eigenvalue weighted by Gasteiger charge is -2.02. The maximum atomic E-state index is 11.1. The van der Waals surface area contributed by atoms with Gasteiger partial charge in [-0.2, -0.15) is 0 Å². The molecule has 0 aliphatic carbocycles. The fourth-order valence-electron chi connectivity index (χ4n) is 1.18. The molecule has 0 amide bonds. The topological polar surface area (TPSA) is 37.3 Å². The van der Waals surface area contributed by atoms with E-state index in [1.165, 1.54) is 12.8 Å². The van der Waals surface area contributed by atoms with E-state index in [1.54, 1.807) is 6.92 Å². The van der Waals surface area contributed by atoms with Crippen LogP contribution in [0.2, 0.25) is 0 Å². The molecule has 0 aliphatic rings. The molecule has 0 aromatic heterocycles. The van der Waals surface area contributed by atoms with Gasteiger partial charge in [-0.3, -0.25) is 4.79 Å². The van der Waals surface area contributed by atoms with Crippen LogP contribution in [0.5, 0.6) is 0 Å². The molecule has 2 heteroatoms. The molecule has 1 N–H and O–H groups in total. The summed E-state index contributed by atoms with van der Waals surface area (Å²) in [4.78, 5) is 11.1. The molecular weight excluding hydrogens is 152 g/mol. The summed E-state index contributed by atoms with van der Waals surface area (Å²) >= 11 is 0. The molecule has 0 rings (SSSR count). The van der Waals surface area contributed by atoms with Gasteiger partial charge < -0.3 is 5.11 Å². The van der Waals surface area contributed by atoms with Gasteiger partial charge in [-0.15, -0.1) is 0 Å². The van der Waals surface area contributed by atoms with Crippen molar-refractivity contribution in [1.82, 2.24) is 0 Å². The van der Waals surface area contributed by atoms with Crippen LogP contribution in [0.15, 0.2) is 0 Å². The second-order valence-electron chi connectivity index (χ2n) is 3.40. The summed E-state index contributed by atoms with van der Waals surface area (Å²) in [6, 6.07) is 0. The largest absolute Gasteiger partial charge is 0.393 e. The van der Waals surface area contributed by atoms with E-state index in [0.29, 0.717) is 12.8 Å². The van der Waals surface area contributed by atoms with Crippen LogP contribution in [0.3, 0.4) is 0 Å². The normalized spacial score (nSPS) is 12.9. The number of carbonyl (C=O) groups is 1. The molecule has 2 nitrogen and oxygen atoms in total. The summed E-state index contributed by atoms with van der Waals surface area (Å²) in [5.41, 5.74) is 0. The minimum Gasteiger partial charge on any atom is -0.393 e. The molecule has 0 heterocycles. The Bertz CT molecular complexity index is 119. The number of hydrogen-bond acceptors (Lipinski definition) is 2. The van der Waals surface area contributed by atoms with E-state index in [4.69, 9.17) is 5.11 Å². The van der Waals surface area contributed by atoms with Crippen LogP contribution in [-0.2, 0) is 4.79 Å². The number of ketones is 1. The quantitative estimate of drug-likeness (QED) is 0.598. The van der Waals surface area contributed by atoms with Crippen molar-refractivity contribution >= 4 is 5.78 Å². The third-order valence-corrected chi connectivity index (χ3v) is 1.83. The summed E-state index contributed by atoms with van der Waals surface area (Å²) < 4.78 is 0. The minimum absolute atomic E-state index is 0.195. The van der Waals surface area contributed by atoms with E-state index in [1.807, 2.05) is 0 Å². The molecule has 12 heavy (non-hydrogen) atoms. The maximum absolute atomic E-state index is 11.1. The predicted molar refractivity (Wildman–Crippen MR) is 50.1 cm³/mol. The molecule has 0 aromatic carbocycles. The van der Waals surface area contributed by atoms with Gasteiger partial charge in [0.2, 0.25) is 0 Å². The highest BCUT2D eigenvalue weighted by Crippen LogP contribution is 2.05. The van der Waals surface area contributed by atoms with Crippen molar-refractivity contribution in [2.75, 3.05) is 0 Å². The van der Waals surface area contributed by atoms with E-state index in [2.05, 4.69) is 6.92 Å². The highest BCUT2D eigenvalue weighted by molar-refractivity contribution is 5.78. The molecular formula is C10H20O2. The Balaban J connectivity index is 3.20. The van der Waals surface area contributed by atoms with Crippen LogP contribution >= 0.6 is 0 Å². The molecule has 1 unspecified atom stereocenters. The van der Waals surface area contributed by atoms with Gasteiger partial charge in [-0.1, -0.05) is 26.2 Å². The summed E-state index contributed by atoms with van der Waals surface area (Å²) in [5, 5.41) is 8.90. The van der Waals surface area contributed by atoms with E-state index in [9.17, 15) is 4.79 Å². The van der Waals surface area contributed by atoms with Crippen LogP contribution in [-0.4, -0.2) is 17.0 Å². The van der Waals surface area contributed by atoms with Crippen LogP contribution in [0.1, 0.15) is 52.4 Å². The van der Waals surface area contributed by atoms with Crippen molar-refractivity contribution < 1.29 is 9.90 Å². The third-order valence-electron chi connectivity index (χ3n) is 1.83. The highest BCUT2D eigenvalue weighted by atomic mass is 16.3. The minimum atomic E-state index is -0.469. The van der Waals surface area contributed by atoms with Gasteiger partial charge >= 0.3 is 0 Å². The van der Waals surface area contributed by atoms with Crippen molar-refractivity contribution in [3.05, 3.63) is 0 Å². The van der Waals surface area contributed by atoms with E-state index < -0.39 is 6.10 Å². The molecule has 0 saturated carbocycles. The van der Waals surface area contributed by atoms with Gasteiger partial charge in [0, 0.05) is 12.8 Å². The van der Waals surface area contributed by atoms with Crippen LogP contribution < -0.4 is 0 Å². The zero-order chi connectivity index (χ0) is 9.40. The molecule has 0 aromatic rings. The Hall–Kier alpha value is -0.370. The zero-order valence-corrected chi connectivity index (χ0v) is 8.18. The lowest BCUT2D eigenvalue weighted by molar-refractivity contribution is -0.120. The van der Waals surface area contributed by atoms with Crippen molar-refractivity contribution in [3.8, 4) is 0 Å². The zero-order valence-electron chi connectivity index (χ0n) is 8.18. The lowest BCUT2D eigenvalue weighted by Crippen LogP contribution is -2.08. The standard InChI is InChI=1S/C10H20O2/c1-3-4-5-6-7-10(12)8-9(2)11/h9,11H,3-8H2,1-2H3. The van der Waals surface area contributed by atoms with Crippen molar-refractivity contribution in [1.29, 1.82) is 0 Å². The third kappa shape index (κ3) is 7.73. The van der Waals surface area contributed by atoms with Gasteiger partial charge in [0.15, 0.2) is 0 Å². The van der Waals surface area contributed by atoms with E-state index in [0.717, 1.165) is 12.8 Å². The average molecular weight is 172 g/mol. The van der Waals surface area contributed by atoms with Gasteiger partial charge in [0.05, 0.1) is 6.10 Å². The second-order valence-corrected chi connectivity index (χ2v) is 3.40. The van der Waals surface area contributed by atoms with Crippen LogP contribution in [0, 0.1) is 0 Å². The first-order valence-corrected chi connectivity index (χ1v) is 4.86. The number of unbranched alkanes of at least 4 members (excludes halogenated alkanes) is 3. The first-order valence-electron chi connectivity index (χ1n) is 4.86. The Labute approximate surface area is 75.0 Å². The molecule has 0 aliphatic heterocycles. The number of aliphatic hydroxyl groups excluding tert-OH is 1. The monoisotopic (exact) mass is 172 g/mol. The molecule has 1 atom stereocenters. The Morgan fingerprint density at radius 3 is 2.50 bits per heavy atom. The molecule has 72 valence electrons. The molecule has 0 radical (unpaired) electrons. The molecule has 0 bridgehead atoms. The predicted octanol–water partition coefficient (Wildman–Crippen LogP) is 2.30. The fraction of sp³-hybridized carbons (Fsp3) is 0.900. The van der Waals surface area contributed by atoms with Crippen LogP contribution in [0.4, 0.5) is 0 Å². The highest BCUT2D eigenvalue weighted by Gasteiger charge is 2.04. The lowest BCUT2D eigenvalue weighted by atomic mass is 10.1. The SMILES string of the molecule is CCCCCCC(=O)CC(C)O. The second kappa shape index (κ2) is 7.29. The fourth-order valence-corrected chi connectivity index (χ4v) is 1.18. The first kappa shape index (κ1) is 11.6. The van der Waals surface area contributed by atoms with Crippen molar-refractivity contribution in [2.24, 2.45) is 0 Å². The Kier molecular flexibility index (Phi) is 7.06. The molecule has 0 fully saturated rings. The average Bonchev–Trinajstić information content (AvgIpc) is 1.97. The van der Waals surface area contributed by atoms with Gasteiger partial charge in [0.1, 0.15) is 5.78 Å². The Morgan fingerprint density at radius 2 is 2.00 bits per heavy atom. The summed E-state index contributed by atoms with van der Waals surface area (Å²) in [6.07, 6.45) is 5.04. The van der Waals surface area contributed by atoms with E-state index >= 15 is 0 Å². The number of rotatable bonds is 7. The first-order chi connectivity index (χ1) is 5.66. The van der Waals surface area contributed by atoms with Crippen molar-refractivity contribution in [3.63, 3.8) is 0 Å². The summed E-state index contributed by atoms with van der Waals surface area (Å²) in [7, 11) is 0.